The van der Waals surface area contributed by atoms with Crippen LogP contribution in [0.25, 0.3) is 10.2 Å². The Morgan fingerprint density at radius 1 is 1.41 bits per heavy atom. The van der Waals surface area contributed by atoms with Crippen molar-refractivity contribution in [1.29, 1.82) is 0 Å². The molecule has 0 aliphatic heterocycles. The number of nitrogens with zero attached hydrogens (tertiary/aromatic N) is 3. The molecule has 22 heavy (non-hydrogen) atoms. The molecule has 2 rings (SSSR count). The van der Waals surface area contributed by atoms with Crippen LogP contribution in [0, 0.1) is 13.8 Å². The van der Waals surface area contributed by atoms with Gasteiger partial charge in [-0.15, -0.1) is 11.3 Å². The van der Waals surface area contributed by atoms with Crippen LogP contribution in [0.2, 0.25) is 0 Å². The molecule has 0 fully saturated rings. The standard InChI is InChI=1S/C14H18N4O3S/c1-8-9(2)22-13-12(8)14(21)18(7-16-13)6-11(20)17(4)5-10(19)15-3/h7H,5-6H2,1-4H3,(H,15,19). The van der Waals surface area contributed by atoms with E-state index < -0.39 is 0 Å². The van der Waals surface area contributed by atoms with Crippen molar-refractivity contribution in [2.45, 2.75) is 20.4 Å². The van der Waals surface area contributed by atoms with Crippen LogP contribution < -0.4 is 10.9 Å². The van der Waals surface area contributed by atoms with Crippen LogP contribution in [0.3, 0.4) is 0 Å². The summed E-state index contributed by atoms with van der Waals surface area (Å²) in [6.07, 6.45) is 1.38. The van der Waals surface area contributed by atoms with E-state index in [0.717, 1.165) is 10.4 Å². The second-order valence-electron chi connectivity index (χ2n) is 5.06. The van der Waals surface area contributed by atoms with Gasteiger partial charge in [-0.05, 0) is 19.4 Å². The van der Waals surface area contributed by atoms with Gasteiger partial charge in [0.25, 0.3) is 5.56 Å². The molecule has 0 radical (unpaired) electrons. The van der Waals surface area contributed by atoms with Crippen LogP contribution in [0.15, 0.2) is 11.1 Å². The van der Waals surface area contributed by atoms with Crippen LogP contribution in [-0.4, -0.2) is 46.9 Å². The van der Waals surface area contributed by atoms with Crippen molar-refractivity contribution in [3.8, 4) is 0 Å². The number of likely N-dealkylation sites (N-methyl/N-ethyl adjacent to an activating group) is 2. The van der Waals surface area contributed by atoms with E-state index in [-0.39, 0.29) is 30.5 Å². The lowest BCUT2D eigenvalue weighted by atomic mass is 10.2. The number of rotatable bonds is 4. The monoisotopic (exact) mass is 322 g/mol. The average Bonchev–Trinajstić information content (AvgIpc) is 2.77. The number of aryl methyl sites for hydroxylation is 2. The number of amides is 2. The fourth-order valence-corrected chi connectivity index (χ4v) is 3.02. The Labute approximate surface area is 131 Å². The summed E-state index contributed by atoms with van der Waals surface area (Å²) in [7, 11) is 3.03. The van der Waals surface area contributed by atoms with Gasteiger partial charge in [0.15, 0.2) is 0 Å². The molecule has 0 spiro atoms. The summed E-state index contributed by atoms with van der Waals surface area (Å²) in [5, 5.41) is 3.01. The van der Waals surface area contributed by atoms with E-state index in [2.05, 4.69) is 10.3 Å². The zero-order chi connectivity index (χ0) is 16.4. The average molecular weight is 322 g/mol. The predicted molar refractivity (Wildman–Crippen MR) is 85.1 cm³/mol. The topological polar surface area (TPSA) is 84.3 Å². The van der Waals surface area contributed by atoms with E-state index in [1.807, 2.05) is 13.8 Å². The van der Waals surface area contributed by atoms with Gasteiger partial charge in [0, 0.05) is 19.0 Å². The van der Waals surface area contributed by atoms with Crippen LogP contribution >= 0.6 is 11.3 Å². The lowest BCUT2D eigenvalue weighted by Gasteiger charge is -2.16. The summed E-state index contributed by atoms with van der Waals surface area (Å²) in [5.41, 5.74) is 0.673. The number of aromatic nitrogens is 2. The second kappa shape index (κ2) is 6.27. The van der Waals surface area contributed by atoms with Crippen LogP contribution in [0.4, 0.5) is 0 Å². The first-order valence-electron chi connectivity index (χ1n) is 6.74. The summed E-state index contributed by atoms with van der Waals surface area (Å²) in [5.74, 6) is -0.586. The number of carbonyl (C=O) groups excluding carboxylic acids is 2. The minimum absolute atomic E-state index is 0.0453. The Bertz CT molecular complexity index is 793. The van der Waals surface area contributed by atoms with Crippen LogP contribution in [-0.2, 0) is 16.1 Å². The molecule has 1 N–H and O–H groups in total. The van der Waals surface area contributed by atoms with Crippen molar-refractivity contribution >= 4 is 33.4 Å². The van der Waals surface area contributed by atoms with E-state index in [1.165, 1.54) is 41.2 Å². The molecule has 0 bridgehead atoms. The third-order valence-electron chi connectivity index (χ3n) is 3.55. The fourth-order valence-electron chi connectivity index (χ4n) is 2.03. The number of hydrogen-bond acceptors (Lipinski definition) is 5. The van der Waals surface area contributed by atoms with E-state index in [1.54, 1.807) is 0 Å². The lowest BCUT2D eigenvalue weighted by Crippen LogP contribution is -2.39. The summed E-state index contributed by atoms with van der Waals surface area (Å²) >= 11 is 1.47. The van der Waals surface area contributed by atoms with Crippen molar-refractivity contribution in [3.05, 3.63) is 27.1 Å². The van der Waals surface area contributed by atoms with E-state index >= 15 is 0 Å². The Morgan fingerprint density at radius 2 is 2.09 bits per heavy atom. The third-order valence-corrected chi connectivity index (χ3v) is 4.66. The highest BCUT2D eigenvalue weighted by molar-refractivity contribution is 7.18. The normalized spacial score (nSPS) is 10.7. The number of nitrogens with one attached hydrogen (secondary N) is 1. The Kier molecular flexibility index (Phi) is 4.60. The van der Waals surface area contributed by atoms with Crippen molar-refractivity contribution in [3.63, 3.8) is 0 Å². The third kappa shape index (κ3) is 3.01. The maximum Gasteiger partial charge on any atom is 0.262 e. The summed E-state index contributed by atoms with van der Waals surface area (Å²) < 4.78 is 1.28. The van der Waals surface area contributed by atoms with E-state index in [9.17, 15) is 14.4 Å². The van der Waals surface area contributed by atoms with Crippen molar-refractivity contribution in [1.82, 2.24) is 19.8 Å². The van der Waals surface area contributed by atoms with Gasteiger partial charge in [0.2, 0.25) is 11.8 Å². The highest BCUT2D eigenvalue weighted by Crippen LogP contribution is 2.25. The van der Waals surface area contributed by atoms with Gasteiger partial charge in [-0.25, -0.2) is 4.98 Å². The molecule has 118 valence electrons. The molecule has 0 aromatic carbocycles. The molecule has 0 aliphatic rings. The summed E-state index contributed by atoms with van der Waals surface area (Å²) in [6.45, 7) is 3.63. The van der Waals surface area contributed by atoms with E-state index in [4.69, 9.17) is 0 Å². The zero-order valence-corrected chi connectivity index (χ0v) is 13.8. The van der Waals surface area contributed by atoms with Crippen molar-refractivity contribution in [2.75, 3.05) is 20.6 Å². The SMILES string of the molecule is CNC(=O)CN(C)C(=O)Cn1cnc2sc(C)c(C)c2c1=O. The van der Waals surface area contributed by atoms with Gasteiger partial charge in [-0.2, -0.15) is 0 Å². The first kappa shape index (κ1) is 16.2. The van der Waals surface area contributed by atoms with Gasteiger partial charge < -0.3 is 10.2 Å². The lowest BCUT2D eigenvalue weighted by molar-refractivity contribution is -0.135. The van der Waals surface area contributed by atoms with Gasteiger partial charge in [-0.3, -0.25) is 19.0 Å². The second-order valence-corrected chi connectivity index (χ2v) is 6.27. The maximum atomic E-state index is 12.5. The van der Waals surface area contributed by atoms with Gasteiger partial charge in [0.05, 0.1) is 18.3 Å². The zero-order valence-electron chi connectivity index (χ0n) is 13.0. The molecule has 0 atom stereocenters. The molecular weight excluding hydrogens is 304 g/mol. The quantitative estimate of drug-likeness (QED) is 0.876. The van der Waals surface area contributed by atoms with Gasteiger partial charge in [0.1, 0.15) is 11.4 Å². The summed E-state index contributed by atoms with van der Waals surface area (Å²) in [6, 6.07) is 0. The first-order valence-corrected chi connectivity index (χ1v) is 7.56. The highest BCUT2D eigenvalue weighted by atomic mass is 32.1. The Hall–Kier alpha value is -2.22. The van der Waals surface area contributed by atoms with Crippen molar-refractivity contribution in [2.24, 2.45) is 0 Å². The Balaban J connectivity index is 2.27. The van der Waals surface area contributed by atoms with Gasteiger partial charge in [-0.1, -0.05) is 0 Å². The Morgan fingerprint density at radius 3 is 2.73 bits per heavy atom. The minimum Gasteiger partial charge on any atom is -0.358 e. The minimum atomic E-state index is -0.323. The van der Waals surface area contributed by atoms with Crippen LogP contribution in [0.1, 0.15) is 10.4 Å². The van der Waals surface area contributed by atoms with Crippen molar-refractivity contribution < 1.29 is 9.59 Å². The number of hydrogen-bond donors (Lipinski definition) is 1. The molecule has 2 aromatic rings. The largest absolute Gasteiger partial charge is 0.358 e. The molecule has 8 heteroatoms. The van der Waals surface area contributed by atoms with E-state index in [0.29, 0.717) is 10.2 Å². The molecule has 0 unspecified atom stereocenters. The maximum absolute atomic E-state index is 12.5. The molecule has 7 nitrogen and oxygen atoms in total. The summed E-state index contributed by atoms with van der Waals surface area (Å²) in [4.78, 5) is 43.1. The number of carbonyl (C=O) groups is 2. The molecule has 2 amide bonds. The number of thiophene rings is 1. The molecular formula is C14H18N4O3S. The number of fused-ring (bicyclic) bond motifs is 1. The predicted octanol–water partition coefficient (Wildman–Crippen LogP) is 0.279. The first-order chi connectivity index (χ1) is 10.3. The molecule has 0 saturated heterocycles. The molecule has 2 heterocycles. The molecule has 0 aliphatic carbocycles. The van der Waals surface area contributed by atoms with Gasteiger partial charge >= 0.3 is 0 Å². The van der Waals surface area contributed by atoms with Crippen LogP contribution in [0.5, 0.6) is 0 Å². The smallest absolute Gasteiger partial charge is 0.262 e. The molecule has 2 aromatic heterocycles. The fraction of sp³-hybridized carbons (Fsp3) is 0.429. The highest BCUT2D eigenvalue weighted by Gasteiger charge is 2.16. The molecule has 0 saturated carbocycles.